The predicted molar refractivity (Wildman–Crippen MR) is 120 cm³/mol. The highest BCUT2D eigenvalue weighted by Crippen LogP contribution is 2.50. The second-order valence-electron chi connectivity index (χ2n) is 9.30. The maximum atomic E-state index is 13.0. The van der Waals surface area contributed by atoms with Crippen LogP contribution in [-0.2, 0) is 15.0 Å². The summed E-state index contributed by atoms with van der Waals surface area (Å²) in [5, 5.41) is 2.91. The number of likely N-dealkylation sites (N-methyl/N-ethyl adjacent to an activating group) is 1. The molecule has 2 aromatic rings. The monoisotopic (exact) mass is 414 g/mol. The first-order valence-electron chi connectivity index (χ1n) is 11.2. The van der Waals surface area contributed by atoms with Gasteiger partial charge in [-0.2, -0.15) is 0 Å². The third kappa shape index (κ3) is 2.67. The molecule has 2 unspecified atom stereocenters. The number of amides is 2. The highest BCUT2D eigenvalue weighted by Gasteiger charge is 2.51. The van der Waals surface area contributed by atoms with Crippen molar-refractivity contribution in [3.63, 3.8) is 0 Å². The van der Waals surface area contributed by atoms with E-state index >= 15 is 0 Å². The minimum atomic E-state index is -0.389. The van der Waals surface area contributed by atoms with Crippen molar-refractivity contribution < 1.29 is 9.59 Å². The molecule has 6 nitrogen and oxygen atoms in total. The van der Waals surface area contributed by atoms with Crippen LogP contribution in [0.2, 0.25) is 0 Å². The third-order valence-electron chi connectivity index (χ3n) is 7.82. The molecule has 2 atom stereocenters. The summed E-state index contributed by atoms with van der Waals surface area (Å²) in [4.78, 5) is 34.1. The first-order valence-corrected chi connectivity index (χ1v) is 11.2. The van der Waals surface area contributed by atoms with Gasteiger partial charge in [-0.25, -0.2) is 4.98 Å². The van der Waals surface area contributed by atoms with Crippen molar-refractivity contribution in [2.45, 2.75) is 43.1 Å². The van der Waals surface area contributed by atoms with E-state index < -0.39 is 0 Å². The number of benzene rings is 1. The van der Waals surface area contributed by atoms with Crippen molar-refractivity contribution in [1.82, 2.24) is 9.88 Å². The molecule has 1 aromatic heterocycles. The molecule has 1 saturated heterocycles. The van der Waals surface area contributed by atoms with E-state index in [0.717, 1.165) is 49.9 Å². The van der Waals surface area contributed by atoms with Crippen molar-refractivity contribution in [3.8, 4) is 0 Å². The number of hydrogen-bond acceptors (Lipinski definition) is 4. The Morgan fingerprint density at radius 1 is 1.29 bits per heavy atom. The van der Waals surface area contributed by atoms with Gasteiger partial charge in [-0.15, -0.1) is 0 Å². The minimum Gasteiger partial charge on any atom is -0.371 e. The minimum absolute atomic E-state index is 0.0403. The van der Waals surface area contributed by atoms with Crippen molar-refractivity contribution in [2.24, 2.45) is 0 Å². The summed E-state index contributed by atoms with van der Waals surface area (Å²) in [6.07, 6.45) is 9.04. The maximum Gasteiger partial charge on any atom is 0.246 e. The first-order chi connectivity index (χ1) is 15.1. The van der Waals surface area contributed by atoms with Gasteiger partial charge in [-0.3, -0.25) is 9.59 Å². The largest absolute Gasteiger partial charge is 0.371 e. The summed E-state index contributed by atoms with van der Waals surface area (Å²) in [5.41, 5.74) is 4.11. The highest BCUT2D eigenvalue weighted by atomic mass is 16.2. The van der Waals surface area contributed by atoms with Gasteiger partial charge >= 0.3 is 0 Å². The number of anilines is 2. The number of nitrogens with zero attached hydrogens (tertiary/aromatic N) is 3. The number of aromatic nitrogens is 1. The number of hydrogen-bond donors (Lipinski definition) is 1. The fourth-order valence-electron chi connectivity index (χ4n) is 5.90. The zero-order chi connectivity index (χ0) is 21.2. The number of rotatable bonds is 2. The lowest BCUT2D eigenvalue weighted by atomic mass is 9.65. The highest BCUT2D eigenvalue weighted by molar-refractivity contribution is 6.06. The summed E-state index contributed by atoms with van der Waals surface area (Å²) in [6.45, 7) is 1.52. The summed E-state index contributed by atoms with van der Waals surface area (Å²) in [5.74, 6) is 1.16. The Kier molecular flexibility index (Phi) is 4.01. The molecular weight excluding hydrogens is 388 g/mol. The number of piperidine rings is 1. The summed E-state index contributed by atoms with van der Waals surface area (Å²) < 4.78 is 0. The molecule has 158 valence electrons. The molecule has 6 heteroatoms. The number of pyridine rings is 1. The lowest BCUT2D eigenvalue weighted by Gasteiger charge is -2.37. The van der Waals surface area contributed by atoms with Crippen LogP contribution < -0.4 is 10.2 Å². The first kappa shape index (κ1) is 18.6. The Hall–Kier alpha value is -3.15. The molecule has 4 aliphatic rings. The molecule has 2 fully saturated rings. The van der Waals surface area contributed by atoms with Gasteiger partial charge in [-0.05, 0) is 48.6 Å². The molecular formula is C25H26N4O2. The van der Waals surface area contributed by atoms with Gasteiger partial charge in [0.25, 0.3) is 0 Å². The van der Waals surface area contributed by atoms with Gasteiger partial charge < -0.3 is 15.1 Å². The van der Waals surface area contributed by atoms with E-state index in [1.54, 1.807) is 12.3 Å². The molecule has 4 heterocycles. The van der Waals surface area contributed by atoms with Crippen LogP contribution in [0, 0.1) is 0 Å². The molecule has 1 aromatic carbocycles. The van der Waals surface area contributed by atoms with Crippen LogP contribution >= 0.6 is 0 Å². The van der Waals surface area contributed by atoms with Gasteiger partial charge in [0.15, 0.2) is 0 Å². The molecule has 2 amide bonds. The van der Waals surface area contributed by atoms with Gasteiger partial charge in [0.2, 0.25) is 11.8 Å². The summed E-state index contributed by atoms with van der Waals surface area (Å²) >= 11 is 0. The van der Waals surface area contributed by atoms with Crippen molar-refractivity contribution in [3.05, 3.63) is 59.3 Å². The number of carbonyl (C=O) groups excluding carboxylic acids is 2. The molecule has 31 heavy (non-hydrogen) atoms. The quantitative estimate of drug-likeness (QED) is 0.766. The lowest BCUT2D eigenvalue weighted by Crippen LogP contribution is -2.46. The van der Waals surface area contributed by atoms with Crippen molar-refractivity contribution in [2.75, 3.05) is 30.4 Å². The molecule has 0 bridgehead atoms. The fourth-order valence-corrected chi connectivity index (χ4v) is 5.90. The molecule has 0 radical (unpaired) electrons. The van der Waals surface area contributed by atoms with Crippen LogP contribution in [0.1, 0.15) is 48.3 Å². The number of nitrogens with one attached hydrogen (secondary N) is 1. The average Bonchev–Trinajstić information content (AvgIpc) is 3.22. The lowest BCUT2D eigenvalue weighted by molar-refractivity contribution is -0.127. The van der Waals surface area contributed by atoms with Crippen LogP contribution in [-0.4, -0.2) is 47.9 Å². The van der Waals surface area contributed by atoms with E-state index in [1.165, 1.54) is 11.3 Å². The zero-order valence-corrected chi connectivity index (χ0v) is 17.7. The molecule has 3 aliphatic heterocycles. The smallest absolute Gasteiger partial charge is 0.246 e. The van der Waals surface area contributed by atoms with E-state index in [4.69, 9.17) is 0 Å². The molecule has 1 spiro atoms. The zero-order valence-electron chi connectivity index (χ0n) is 17.7. The second-order valence-corrected chi connectivity index (χ2v) is 9.30. The predicted octanol–water partition coefficient (Wildman–Crippen LogP) is 3.30. The van der Waals surface area contributed by atoms with Crippen LogP contribution in [0.5, 0.6) is 0 Å². The Morgan fingerprint density at radius 3 is 2.94 bits per heavy atom. The van der Waals surface area contributed by atoms with Crippen LogP contribution in [0.25, 0.3) is 6.08 Å². The van der Waals surface area contributed by atoms with Crippen LogP contribution in [0.4, 0.5) is 11.5 Å². The van der Waals surface area contributed by atoms with E-state index in [9.17, 15) is 9.59 Å². The summed E-state index contributed by atoms with van der Waals surface area (Å²) in [7, 11) is 2.16. The van der Waals surface area contributed by atoms with E-state index in [0.29, 0.717) is 17.8 Å². The van der Waals surface area contributed by atoms with Crippen LogP contribution in [0.15, 0.2) is 42.6 Å². The normalized spacial score (nSPS) is 25.3. The third-order valence-corrected chi connectivity index (χ3v) is 7.82. The van der Waals surface area contributed by atoms with Crippen molar-refractivity contribution in [1.29, 1.82) is 0 Å². The topological polar surface area (TPSA) is 65.5 Å². The Balaban J connectivity index is 1.19. The fraction of sp³-hybridized carbons (Fsp3) is 0.400. The molecule has 1 saturated carbocycles. The molecule has 6 rings (SSSR count). The SMILES string of the molecule is CN1c2ccccc2C2CN(C(=O)/C=C/c3cnc4c(c3)C3(CCC3)C(=O)N4)CCC21. The number of carbonyl (C=O) groups is 2. The Morgan fingerprint density at radius 2 is 2.13 bits per heavy atom. The van der Waals surface area contributed by atoms with Gasteiger partial charge in [0.05, 0.1) is 5.41 Å². The van der Waals surface area contributed by atoms with Crippen LogP contribution in [0.3, 0.4) is 0 Å². The standard InChI is InChI=1S/C25H26N4O2/c1-28-20-6-3-2-5-17(20)18-15-29(12-9-21(18)28)22(30)8-7-16-13-19-23(26-14-16)27-24(31)25(19)10-4-11-25/h2-3,5-8,13-14,18,21H,4,9-12,15H2,1H3,(H,26,27,31)/b8-7+. The molecule has 1 aliphatic carbocycles. The van der Waals surface area contributed by atoms with Gasteiger partial charge in [-0.1, -0.05) is 24.6 Å². The molecule has 1 N–H and O–H groups in total. The van der Waals surface area contributed by atoms with E-state index in [-0.39, 0.29) is 17.2 Å². The number of likely N-dealkylation sites (tertiary alicyclic amines) is 1. The number of para-hydroxylation sites is 1. The average molecular weight is 415 g/mol. The van der Waals surface area contributed by atoms with E-state index in [2.05, 4.69) is 46.5 Å². The van der Waals surface area contributed by atoms with Gasteiger partial charge in [0.1, 0.15) is 5.82 Å². The summed E-state index contributed by atoms with van der Waals surface area (Å²) in [6, 6.07) is 11.0. The number of fused-ring (bicyclic) bond motifs is 5. The van der Waals surface area contributed by atoms with Gasteiger partial charge in [0, 0.05) is 55.6 Å². The Bertz CT molecular complexity index is 1120. The van der Waals surface area contributed by atoms with Crippen molar-refractivity contribution >= 4 is 29.4 Å². The van der Waals surface area contributed by atoms with E-state index in [1.807, 2.05) is 17.0 Å². The second kappa shape index (κ2) is 6.67. The Labute approximate surface area is 181 Å². The maximum absolute atomic E-state index is 13.0.